The molecule has 0 aromatic carbocycles. The van der Waals surface area contributed by atoms with E-state index in [0.717, 1.165) is 22.6 Å². The maximum absolute atomic E-state index is 12.6. The third-order valence-electron chi connectivity index (χ3n) is 1.74. The second-order valence-corrected chi connectivity index (χ2v) is 4.13. The summed E-state index contributed by atoms with van der Waals surface area (Å²) in [6, 6.07) is 0. The van der Waals surface area contributed by atoms with Gasteiger partial charge in [0, 0.05) is 9.77 Å². The Labute approximate surface area is 113 Å². The fourth-order valence-electron chi connectivity index (χ4n) is 1.07. The molecule has 0 aliphatic heterocycles. The van der Waals surface area contributed by atoms with Crippen molar-refractivity contribution < 1.29 is 39.9 Å². The van der Waals surface area contributed by atoms with Crippen LogP contribution in [0.5, 0.6) is 5.88 Å². The van der Waals surface area contributed by atoms with Crippen molar-refractivity contribution in [3.8, 4) is 5.88 Å². The van der Waals surface area contributed by atoms with Crippen molar-refractivity contribution in [2.45, 2.75) is 19.0 Å². The van der Waals surface area contributed by atoms with Gasteiger partial charge in [0.05, 0.1) is 5.56 Å². The van der Waals surface area contributed by atoms with Gasteiger partial charge >= 0.3 is 12.5 Å². The number of alkyl halides is 8. The van der Waals surface area contributed by atoms with Gasteiger partial charge in [0.1, 0.15) is 5.56 Å². The van der Waals surface area contributed by atoms with E-state index in [0.29, 0.717) is 0 Å². The quantitative estimate of drug-likeness (QED) is 0.531. The predicted molar refractivity (Wildman–Crippen MR) is 53.6 cm³/mol. The molecule has 0 aliphatic carbocycles. The highest BCUT2D eigenvalue weighted by Gasteiger charge is 2.43. The van der Waals surface area contributed by atoms with Crippen LogP contribution < -0.4 is 4.74 Å². The molecule has 0 bridgehead atoms. The van der Waals surface area contributed by atoms with Gasteiger partial charge in [-0.3, -0.25) is 0 Å². The van der Waals surface area contributed by atoms with E-state index in [4.69, 9.17) is 0 Å². The standard InChI is InChI=1S/C8H2F8INO/c9-5(10)2-1-18-6(19-8(14,15)16)3(4(2)17)7(11,12)13/h1,5H. The molecule has 1 aromatic rings. The van der Waals surface area contributed by atoms with Crippen LogP contribution in [0.1, 0.15) is 17.6 Å². The number of ether oxygens (including phenoxy) is 1. The zero-order valence-electron chi connectivity index (χ0n) is 8.41. The third kappa shape index (κ3) is 4.04. The smallest absolute Gasteiger partial charge is 0.387 e. The lowest BCUT2D eigenvalue weighted by atomic mass is 10.2. The minimum absolute atomic E-state index is 0.211. The molecule has 0 aliphatic rings. The average Bonchev–Trinajstić information content (AvgIpc) is 2.11. The number of nitrogens with zero attached hydrogens (tertiary/aromatic N) is 1. The first-order chi connectivity index (χ1) is 8.43. The maximum Gasteiger partial charge on any atom is 0.574 e. The number of rotatable bonds is 2. The average molecular weight is 407 g/mol. The molecular weight excluding hydrogens is 405 g/mol. The summed E-state index contributed by atoms with van der Waals surface area (Å²) < 4.78 is 100. The number of halogens is 9. The molecule has 0 atom stereocenters. The first-order valence-electron chi connectivity index (χ1n) is 4.23. The lowest BCUT2D eigenvalue weighted by molar-refractivity contribution is -0.278. The summed E-state index contributed by atoms with van der Waals surface area (Å²) in [6.45, 7) is 0. The molecule has 0 amide bonds. The summed E-state index contributed by atoms with van der Waals surface area (Å²) in [7, 11) is 0. The second-order valence-electron chi connectivity index (χ2n) is 3.05. The van der Waals surface area contributed by atoms with Crippen LogP contribution in [0, 0.1) is 3.57 Å². The fraction of sp³-hybridized carbons (Fsp3) is 0.375. The lowest BCUT2D eigenvalue weighted by Gasteiger charge is -2.17. The summed E-state index contributed by atoms with van der Waals surface area (Å²) in [6.07, 6.45) is -13.8. The third-order valence-corrected chi connectivity index (χ3v) is 2.90. The molecule has 1 heterocycles. The van der Waals surface area contributed by atoms with Gasteiger partial charge in [-0.05, 0) is 22.6 Å². The van der Waals surface area contributed by atoms with E-state index >= 15 is 0 Å². The Morgan fingerprint density at radius 1 is 1.11 bits per heavy atom. The van der Waals surface area contributed by atoms with Crippen LogP contribution in [0.2, 0.25) is 0 Å². The van der Waals surface area contributed by atoms with E-state index in [1.165, 1.54) is 0 Å². The second kappa shape index (κ2) is 5.25. The monoisotopic (exact) mass is 407 g/mol. The molecule has 108 valence electrons. The molecule has 0 unspecified atom stereocenters. The van der Waals surface area contributed by atoms with E-state index in [1.54, 1.807) is 0 Å². The molecule has 2 nitrogen and oxygen atoms in total. The minimum Gasteiger partial charge on any atom is -0.387 e. The van der Waals surface area contributed by atoms with E-state index in [1.807, 2.05) is 0 Å². The zero-order chi connectivity index (χ0) is 15.0. The topological polar surface area (TPSA) is 22.1 Å². The summed E-state index contributed by atoms with van der Waals surface area (Å²) in [5, 5.41) is 0. The summed E-state index contributed by atoms with van der Waals surface area (Å²) >= 11 is 0.871. The van der Waals surface area contributed by atoms with Crippen LogP contribution in [-0.2, 0) is 6.18 Å². The van der Waals surface area contributed by atoms with Crippen molar-refractivity contribution >= 4 is 22.6 Å². The molecule has 1 rings (SSSR count). The summed E-state index contributed by atoms with van der Waals surface area (Å²) in [5.74, 6) is -1.81. The predicted octanol–water partition coefficient (Wildman–Crippen LogP) is 4.54. The van der Waals surface area contributed by atoms with Crippen molar-refractivity contribution in [1.29, 1.82) is 0 Å². The molecular formula is C8H2F8INO. The van der Waals surface area contributed by atoms with Gasteiger partial charge in [-0.25, -0.2) is 13.8 Å². The Morgan fingerprint density at radius 2 is 1.63 bits per heavy atom. The van der Waals surface area contributed by atoms with Gasteiger partial charge < -0.3 is 4.74 Å². The largest absolute Gasteiger partial charge is 0.574 e. The van der Waals surface area contributed by atoms with Crippen molar-refractivity contribution in [1.82, 2.24) is 4.98 Å². The first kappa shape index (κ1) is 16.2. The Bertz CT molecular complexity index is 469. The molecule has 11 heteroatoms. The maximum atomic E-state index is 12.6. The van der Waals surface area contributed by atoms with Crippen LogP contribution in [0.15, 0.2) is 6.20 Å². The Morgan fingerprint density at radius 3 is 2.00 bits per heavy atom. The van der Waals surface area contributed by atoms with E-state index < -0.39 is 39.5 Å². The Hall–Kier alpha value is -0.880. The lowest BCUT2D eigenvalue weighted by Crippen LogP contribution is -2.22. The SMILES string of the molecule is FC(F)c1cnc(OC(F)(F)F)c(C(F)(F)F)c1I. The molecule has 0 radical (unpaired) electrons. The van der Waals surface area contributed by atoms with Crippen molar-refractivity contribution in [2.24, 2.45) is 0 Å². The van der Waals surface area contributed by atoms with Gasteiger partial charge in [-0.1, -0.05) is 0 Å². The van der Waals surface area contributed by atoms with E-state index in [9.17, 15) is 35.1 Å². The molecule has 0 spiro atoms. The van der Waals surface area contributed by atoms with Crippen molar-refractivity contribution in [2.75, 3.05) is 0 Å². The number of hydrogen-bond acceptors (Lipinski definition) is 2. The van der Waals surface area contributed by atoms with Gasteiger partial charge in [0.2, 0.25) is 5.88 Å². The number of aromatic nitrogens is 1. The zero-order valence-corrected chi connectivity index (χ0v) is 10.6. The normalized spacial score (nSPS) is 12.9. The van der Waals surface area contributed by atoms with Gasteiger partial charge in [-0.15, -0.1) is 13.2 Å². The van der Waals surface area contributed by atoms with Crippen LogP contribution >= 0.6 is 22.6 Å². The van der Waals surface area contributed by atoms with Crippen LogP contribution in [0.3, 0.4) is 0 Å². The Balaban J connectivity index is 3.45. The molecule has 0 fully saturated rings. The highest BCUT2D eigenvalue weighted by atomic mass is 127. The summed E-state index contributed by atoms with van der Waals surface area (Å²) in [5.41, 5.74) is -3.11. The molecule has 0 saturated carbocycles. The number of pyridine rings is 1. The van der Waals surface area contributed by atoms with Crippen LogP contribution in [0.25, 0.3) is 0 Å². The van der Waals surface area contributed by atoms with Gasteiger partial charge in [0.25, 0.3) is 6.43 Å². The highest BCUT2D eigenvalue weighted by Crippen LogP contribution is 2.42. The highest BCUT2D eigenvalue weighted by molar-refractivity contribution is 14.1. The van der Waals surface area contributed by atoms with Gasteiger partial charge in [0.15, 0.2) is 0 Å². The van der Waals surface area contributed by atoms with Gasteiger partial charge in [-0.2, -0.15) is 13.2 Å². The Kier molecular flexibility index (Phi) is 4.47. The minimum atomic E-state index is -5.41. The van der Waals surface area contributed by atoms with E-state index in [2.05, 4.69) is 9.72 Å². The van der Waals surface area contributed by atoms with Crippen molar-refractivity contribution in [3.63, 3.8) is 0 Å². The summed E-state index contributed by atoms with van der Waals surface area (Å²) in [4.78, 5) is 2.67. The molecule has 0 saturated heterocycles. The fourth-order valence-corrected chi connectivity index (χ4v) is 1.98. The number of hydrogen-bond donors (Lipinski definition) is 0. The van der Waals surface area contributed by atoms with Crippen LogP contribution in [0.4, 0.5) is 35.1 Å². The molecule has 1 aromatic heterocycles. The van der Waals surface area contributed by atoms with Crippen LogP contribution in [-0.4, -0.2) is 11.3 Å². The molecule has 19 heavy (non-hydrogen) atoms. The first-order valence-corrected chi connectivity index (χ1v) is 5.31. The van der Waals surface area contributed by atoms with E-state index in [-0.39, 0.29) is 6.20 Å². The molecule has 0 N–H and O–H groups in total. The van der Waals surface area contributed by atoms with Crippen molar-refractivity contribution in [3.05, 3.63) is 20.9 Å².